The third-order valence-corrected chi connectivity index (χ3v) is 6.41. The molecule has 0 spiro atoms. The fraction of sp³-hybridized carbons (Fsp3) is 0.130. The molecule has 3 aromatic rings. The van der Waals surface area contributed by atoms with Crippen LogP contribution in [0, 0.1) is 0 Å². The molecular formula is C23H22BrN3O4S. The van der Waals surface area contributed by atoms with Gasteiger partial charge < -0.3 is 4.74 Å². The summed E-state index contributed by atoms with van der Waals surface area (Å²) in [5.74, 6) is 0.641. The van der Waals surface area contributed by atoms with Gasteiger partial charge in [0.15, 0.2) is 0 Å². The summed E-state index contributed by atoms with van der Waals surface area (Å²) in [5.41, 5.74) is 3.51. The van der Waals surface area contributed by atoms with Crippen LogP contribution in [0.1, 0.15) is 12.5 Å². The van der Waals surface area contributed by atoms with Crippen LogP contribution in [0.25, 0.3) is 0 Å². The Bertz CT molecular complexity index is 1200. The van der Waals surface area contributed by atoms with Crippen LogP contribution in [0.2, 0.25) is 0 Å². The van der Waals surface area contributed by atoms with Gasteiger partial charge in [-0.25, -0.2) is 13.8 Å². The first kappa shape index (κ1) is 23.5. The second-order valence-electron chi connectivity index (χ2n) is 6.90. The molecule has 0 unspecified atom stereocenters. The SMILES string of the molecule is C[C@H](C(=O)N/N=C\c1ccccc1Br)N(c1ccc(Oc2ccccc2)cc1)S(C)(=O)=O. The monoisotopic (exact) mass is 515 g/mol. The Morgan fingerprint density at radius 2 is 1.59 bits per heavy atom. The van der Waals surface area contributed by atoms with Gasteiger partial charge in [0.2, 0.25) is 10.0 Å². The summed E-state index contributed by atoms with van der Waals surface area (Å²) in [4.78, 5) is 12.6. The van der Waals surface area contributed by atoms with Crippen molar-refractivity contribution in [2.24, 2.45) is 5.10 Å². The molecule has 0 radical (unpaired) electrons. The fourth-order valence-electron chi connectivity index (χ4n) is 2.93. The molecule has 0 aromatic heterocycles. The molecule has 3 rings (SSSR count). The topological polar surface area (TPSA) is 88.1 Å². The van der Waals surface area contributed by atoms with Crippen LogP contribution in [0.3, 0.4) is 0 Å². The average molecular weight is 516 g/mol. The summed E-state index contributed by atoms with van der Waals surface area (Å²) in [7, 11) is -3.75. The molecule has 0 aliphatic rings. The van der Waals surface area contributed by atoms with Crippen LogP contribution in [0.5, 0.6) is 11.5 Å². The molecule has 0 saturated carbocycles. The maximum atomic E-state index is 12.6. The van der Waals surface area contributed by atoms with E-state index in [0.29, 0.717) is 17.2 Å². The van der Waals surface area contributed by atoms with E-state index in [-0.39, 0.29) is 0 Å². The van der Waals surface area contributed by atoms with Crippen LogP contribution in [-0.2, 0) is 14.8 Å². The first-order chi connectivity index (χ1) is 15.3. The van der Waals surface area contributed by atoms with E-state index in [1.54, 1.807) is 24.3 Å². The van der Waals surface area contributed by atoms with Gasteiger partial charge >= 0.3 is 0 Å². The van der Waals surface area contributed by atoms with E-state index >= 15 is 0 Å². The summed E-state index contributed by atoms with van der Waals surface area (Å²) >= 11 is 3.40. The van der Waals surface area contributed by atoms with Crippen LogP contribution in [0.15, 0.2) is 88.4 Å². The number of para-hydroxylation sites is 1. The zero-order valence-corrected chi connectivity index (χ0v) is 19.9. The lowest BCUT2D eigenvalue weighted by molar-refractivity contribution is -0.121. The quantitative estimate of drug-likeness (QED) is 0.352. The normalized spacial score (nSPS) is 12.3. The van der Waals surface area contributed by atoms with Gasteiger partial charge in [-0.05, 0) is 49.4 Å². The Kier molecular flexibility index (Phi) is 7.66. The van der Waals surface area contributed by atoms with Crippen molar-refractivity contribution < 1.29 is 17.9 Å². The van der Waals surface area contributed by atoms with Crippen LogP contribution in [-0.4, -0.2) is 32.8 Å². The number of carbonyl (C=O) groups is 1. The predicted octanol–water partition coefficient (Wildman–Crippen LogP) is 4.55. The molecule has 1 atom stereocenters. The number of hydrazone groups is 1. The van der Waals surface area contributed by atoms with E-state index in [1.165, 1.54) is 13.1 Å². The number of carbonyl (C=O) groups excluding carboxylic acids is 1. The molecule has 1 N–H and O–H groups in total. The highest BCUT2D eigenvalue weighted by atomic mass is 79.9. The highest BCUT2D eigenvalue weighted by molar-refractivity contribution is 9.10. The highest BCUT2D eigenvalue weighted by Crippen LogP contribution is 2.27. The van der Waals surface area contributed by atoms with Gasteiger partial charge in [-0.15, -0.1) is 0 Å². The number of nitrogens with one attached hydrogen (secondary N) is 1. The number of amides is 1. The first-order valence-electron chi connectivity index (χ1n) is 9.65. The number of hydrogen-bond acceptors (Lipinski definition) is 5. The van der Waals surface area contributed by atoms with Crippen molar-refractivity contribution in [3.63, 3.8) is 0 Å². The van der Waals surface area contributed by atoms with E-state index < -0.39 is 22.0 Å². The molecule has 0 aliphatic carbocycles. The minimum atomic E-state index is -3.75. The minimum absolute atomic E-state index is 0.338. The van der Waals surface area contributed by atoms with Gasteiger partial charge in [0.1, 0.15) is 17.5 Å². The molecule has 3 aromatic carbocycles. The van der Waals surface area contributed by atoms with Gasteiger partial charge in [-0.1, -0.05) is 52.3 Å². The maximum Gasteiger partial charge on any atom is 0.263 e. The second kappa shape index (κ2) is 10.4. The van der Waals surface area contributed by atoms with E-state index in [4.69, 9.17) is 4.74 Å². The van der Waals surface area contributed by atoms with E-state index in [2.05, 4.69) is 26.5 Å². The number of hydrogen-bond donors (Lipinski definition) is 1. The Balaban J connectivity index is 1.74. The molecule has 0 heterocycles. The summed E-state index contributed by atoms with van der Waals surface area (Å²) in [6, 6.07) is 22.1. The molecule has 7 nitrogen and oxygen atoms in total. The minimum Gasteiger partial charge on any atom is -0.457 e. The summed E-state index contributed by atoms with van der Waals surface area (Å²) in [6.07, 6.45) is 2.53. The number of sulfonamides is 1. The smallest absolute Gasteiger partial charge is 0.263 e. The summed E-state index contributed by atoms with van der Waals surface area (Å²) in [5, 5.41) is 3.95. The van der Waals surface area contributed by atoms with Crippen molar-refractivity contribution in [1.82, 2.24) is 5.43 Å². The van der Waals surface area contributed by atoms with Crippen LogP contribution >= 0.6 is 15.9 Å². The molecule has 32 heavy (non-hydrogen) atoms. The fourth-order valence-corrected chi connectivity index (χ4v) is 4.50. The third kappa shape index (κ3) is 6.18. The highest BCUT2D eigenvalue weighted by Gasteiger charge is 2.29. The number of benzene rings is 3. The number of nitrogens with zero attached hydrogens (tertiary/aromatic N) is 2. The Labute approximate surface area is 195 Å². The lowest BCUT2D eigenvalue weighted by atomic mass is 10.2. The Morgan fingerprint density at radius 3 is 2.22 bits per heavy atom. The van der Waals surface area contributed by atoms with E-state index in [9.17, 15) is 13.2 Å². The molecule has 166 valence electrons. The zero-order valence-electron chi connectivity index (χ0n) is 17.5. The van der Waals surface area contributed by atoms with Crippen LogP contribution < -0.4 is 14.5 Å². The van der Waals surface area contributed by atoms with E-state index in [1.807, 2.05) is 54.6 Å². The molecule has 9 heteroatoms. The Hall–Kier alpha value is -3.17. The lowest BCUT2D eigenvalue weighted by Gasteiger charge is -2.27. The van der Waals surface area contributed by atoms with Gasteiger partial charge in [-0.2, -0.15) is 5.10 Å². The average Bonchev–Trinajstić information content (AvgIpc) is 2.76. The molecule has 0 bridgehead atoms. The largest absolute Gasteiger partial charge is 0.457 e. The van der Waals surface area contributed by atoms with Crippen molar-refractivity contribution in [3.8, 4) is 11.5 Å². The van der Waals surface area contributed by atoms with Crippen molar-refractivity contribution in [1.29, 1.82) is 0 Å². The van der Waals surface area contributed by atoms with Crippen LogP contribution in [0.4, 0.5) is 5.69 Å². The molecule has 0 fully saturated rings. The zero-order chi connectivity index (χ0) is 23.1. The molecule has 0 aliphatic heterocycles. The Morgan fingerprint density at radius 1 is 1.00 bits per heavy atom. The van der Waals surface area contributed by atoms with Gasteiger partial charge in [0.05, 0.1) is 18.2 Å². The van der Waals surface area contributed by atoms with E-state index in [0.717, 1.165) is 20.6 Å². The van der Waals surface area contributed by atoms with Gasteiger partial charge in [0, 0.05) is 10.0 Å². The second-order valence-corrected chi connectivity index (χ2v) is 9.61. The number of rotatable bonds is 8. The van der Waals surface area contributed by atoms with Crippen molar-refractivity contribution in [2.75, 3.05) is 10.6 Å². The standard InChI is InChI=1S/C23H22BrN3O4S/c1-17(23(28)26-25-16-18-8-6-7-11-22(18)24)27(32(2,29)30)19-12-14-21(15-13-19)31-20-9-4-3-5-10-20/h3-17H,1-2H3,(H,26,28)/b25-16-/t17-/m1/s1. The van der Waals surface area contributed by atoms with Gasteiger partial charge in [-0.3, -0.25) is 9.10 Å². The lowest BCUT2D eigenvalue weighted by Crippen LogP contribution is -2.46. The predicted molar refractivity (Wildman–Crippen MR) is 130 cm³/mol. The number of anilines is 1. The van der Waals surface area contributed by atoms with Gasteiger partial charge in [0.25, 0.3) is 5.91 Å². The van der Waals surface area contributed by atoms with Crippen molar-refractivity contribution >= 4 is 43.8 Å². The molecular weight excluding hydrogens is 494 g/mol. The number of halogens is 1. The molecule has 0 saturated heterocycles. The molecule has 1 amide bonds. The maximum absolute atomic E-state index is 12.6. The van der Waals surface area contributed by atoms with Crippen molar-refractivity contribution in [2.45, 2.75) is 13.0 Å². The summed E-state index contributed by atoms with van der Waals surface area (Å²) in [6.45, 7) is 1.50. The summed E-state index contributed by atoms with van der Waals surface area (Å²) < 4.78 is 32.5. The first-order valence-corrected chi connectivity index (χ1v) is 12.3. The third-order valence-electron chi connectivity index (χ3n) is 4.44. The number of ether oxygens (including phenoxy) is 1. The van der Waals surface area contributed by atoms with Crippen molar-refractivity contribution in [3.05, 3.63) is 88.9 Å².